The van der Waals surface area contributed by atoms with Gasteiger partial charge in [0.05, 0.1) is 42.7 Å². The van der Waals surface area contributed by atoms with Crippen LogP contribution in [0.2, 0.25) is 0 Å². The number of ether oxygens (including phenoxy) is 2. The van der Waals surface area contributed by atoms with Crippen LogP contribution in [0.3, 0.4) is 0 Å². The second kappa shape index (κ2) is 13.3. The fourth-order valence-electron chi connectivity index (χ4n) is 7.71. The van der Waals surface area contributed by atoms with Gasteiger partial charge in [0, 0.05) is 18.8 Å². The Labute approximate surface area is 274 Å². The van der Waals surface area contributed by atoms with Gasteiger partial charge >= 0.3 is 0 Å². The molecule has 3 aliphatic heterocycles. The van der Waals surface area contributed by atoms with Gasteiger partial charge in [-0.05, 0) is 62.6 Å². The summed E-state index contributed by atoms with van der Waals surface area (Å²) in [6.07, 6.45) is 4.11. The zero-order valence-corrected chi connectivity index (χ0v) is 26.9. The molecule has 3 aliphatic rings. The lowest BCUT2D eigenvalue weighted by Gasteiger charge is -2.39. The van der Waals surface area contributed by atoms with Crippen LogP contribution in [0.4, 0.5) is 5.69 Å². The number of aromatic nitrogens is 3. The van der Waals surface area contributed by atoms with Crippen LogP contribution in [0.5, 0.6) is 5.75 Å². The second-order valence-electron chi connectivity index (χ2n) is 12.3. The zero-order chi connectivity index (χ0) is 33.3. The summed E-state index contributed by atoms with van der Waals surface area (Å²) in [7, 11) is 0. The molecule has 0 radical (unpaired) electrons. The number of hydrogen-bond acceptors (Lipinski definition) is 8. The van der Waals surface area contributed by atoms with Gasteiger partial charge in [-0.2, -0.15) is 0 Å². The molecule has 0 aliphatic carbocycles. The van der Waals surface area contributed by atoms with Crippen LogP contribution in [0.1, 0.15) is 33.1 Å². The molecule has 2 aromatic carbocycles. The van der Waals surface area contributed by atoms with E-state index in [-0.39, 0.29) is 44.1 Å². The van der Waals surface area contributed by atoms with Crippen molar-refractivity contribution in [2.75, 3.05) is 31.2 Å². The highest BCUT2D eigenvalue weighted by Crippen LogP contribution is 2.59. The average molecular weight is 643 g/mol. The number of benzene rings is 2. The van der Waals surface area contributed by atoms with Crippen molar-refractivity contribution in [1.29, 1.82) is 0 Å². The highest BCUT2D eigenvalue weighted by molar-refractivity contribution is 6.03. The van der Waals surface area contributed by atoms with Crippen molar-refractivity contribution < 1.29 is 29.0 Å². The number of anilines is 1. The molecule has 2 unspecified atom stereocenters. The molecule has 6 atom stereocenters. The second-order valence-corrected chi connectivity index (χ2v) is 12.3. The molecule has 4 heterocycles. The molecule has 3 saturated heterocycles. The van der Waals surface area contributed by atoms with Gasteiger partial charge in [0.1, 0.15) is 29.6 Å². The molecule has 2 bridgehead atoms. The Balaban J connectivity index is 1.37. The van der Waals surface area contributed by atoms with Crippen LogP contribution in [0.15, 0.2) is 73.8 Å². The van der Waals surface area contributed by atoms with Crippen LogP contribution in [-0.4, -0.2) is 97.7 Å². The summed E-state index contributed by atoms with van der Waals surface area (Å²) in [4.78, 5) is 48.5. The summed E-state index contributed by atoms with van der Waals surface area (Å²) < 4.78 is 13.9. The first kappa shape index (κ1) is 32.4. The normalized spacial score (nSPS) is 25.1. The van der Waals surface area contributed by atoms with Gasteiger partial charge in [-0.1, -0.05) is 36.4 Å². The first-order valence-corrected chi connectivity index (χ1v) is 16.3. The Morgan fingerprint density at radius 1 is 1.13 bits per heavy atom. The number of para-hydroxylation sites is 1. The molecule has 1 aromatic heterocycles. The SMILES string of the molecule is C=CCN(Cn1nnc2ccccc21)C(=O)C1N([C@@H](CC)CO)C(=O)[C@@H]2[C@@H](C(=O)N(CC=C)c3ccc(OCC)cc3)[C@H]3CCC12O3. The topological polar surface area (TPSA) is 130 Å². The molecule has 3 fully saturated rings. The molecular weight excluding hydrogens is 600 g/mol. The number of aliphatic hydroxyl groups is 1. The minimum absolute atomic E-state index is 0.0667. The smallest absolute Gasteiger partial charge is 0.250 e. The number of carbonyl (C=O) groups excluding carboxylic acids is 3. The lowest BCUT2D eigenvalue weighted by molar-refractivity contribution is -0.152. The lowest BCUT2D eigenvalue weighted by Crippen LogP contribution is -2.58. The third-order valence-electron chi connectivity index (χ3n) is 9.76. The summed E-state index contributed by atoms with van der Waals surface area (Å²) in [5, 5.41) is 19.0. The summed E-state index contributed by atoms with van der Waals surface area (Å²) >= 11 is 0. The van der Waals surface area contributed by atoms with Gasteiger partial charge in [-0.3, -0.25) is 14.4 Å². The summed E-state index contributed by atoms with van der Waals surface area (Å²) in [6, 6.07) is 13.0. The van der Waals surface area contributed by atoms with Crippen LogP contribution in [-0.2, 0) is 25.8 Å². The molecule has 3 amide bonds. The number of rotatable bonds is 14. The van der Waals surface area contributed by atoms with Crippen LogP contribution >= 0.6 is 0 Å². The Morgan fingerprint density at radius 2 is 1.87 bits per heavy atom. The predicted molar refractivity (Wildman–Crippen MR) is 175 cm³/mol. The lowest BCUT2D eigenvalue weighted by atomic mass is 9.70. The largest absolute Gasteiger partial charge is 0.494 e. The standard InChI is InChI=1S/C35H42N6O6/c1-5-19-38(22-40-27-12-10-9-11-26(27)36-37-40)34(45)31-35-18-17-28(47-35)29(30(35)33(44)41(31)23(7-3)21-42)32(43)39(20-6-2)24-13-15-25(16-14-24)46-8-4/h5-6,9-16,23,28-31,42H,1-2,7-8,17-22H2,3-4H3/t23-,28+,29-,30-,31?,35?/m0/s1. The molecule has 0 saturated carbocycles. The maximum Gasteiger partial charge on any atom is 0.250 e. The van der Waals surface area contributed by atoms with Crippen molar-refractivity contribution in [3.63, 3.8) is 0 Å². The number of fused-ring (bicyclic) bond motifs is 2. The Morgan fingerprint density at radius 3 is 2.55 bits per heavy atom. The quantitative estimate of drug-likeness (QED) is 0.266. The first-order valence-electron chi connectivity index (χ1n) is 16.3. The predicted octanol–water partition coefficient (Wildman–Crippen LogP) is 3.17. The van der Waals surface area contributed by atoms with Crippen molar-refractivity contribution in [1.82, 2.24) is 24.8 Å². The number of amides is 3. The van der Waals surface area contributed by atoms with E-state index in [0.717, 1.165) is 5.52 Å². The van der Waals surface area contributed by atoms with Gasteiger partial charge in [0.25, 0.3) is 0 Å². The number of nitrogens with zero attached hydrogens (tertiary/aromatic N) is 6. The first-order chi connectivity index (χ1) is 22.8. The van der Waals surface area contributed by atoms with E-state index in [1.54, 1.807) is 38.8 Å². The van der Waals surface area contributed by atoms with Crippen LogP contribution in [0, 0.1) is 11.8 Å². The van der Waals surface area contributed by atoms with Gasteiger partial charge in [-0.15, -0.1) is 18.3 Å². The van der Waals surface area contributed by atoms with Gasteiger partial charge < -0.3 is 29.3 Å². The molecule has 12 nitrogen and oxygen atoms in total. The summed E-state index contributed by atoms with van der Waals surface area (Å²) in [5.41, 5.74) is 0.859. The third kappa shape index (κ3) is 5.39. The zero-order valence-electron chi connectivity index (χ0n) is 26.9. The molecular formula is C35H42N6O6. The van der Waals surface area contributed by atoms with E-state index in [9.17, 15) is 19.5 Å². The fraction of sp³-hybridized carbons (Fsp3) is 0.457. The maximum absolute atomic E-state index is 14.8. The molecule has 248 valence electrons. The van der Waals surface area contributed by atoms with Gasteiger partial charge in [0.15, 0.2) is 0 Å². The van der Waals surface area contributed by atoms with Crippen molar-refractivity contribution in [2.24, 2.45) is 11.8 Å². The van der Waals surface area contributed by atoms with Crippen LogP contribution < -0.4 is 9.64 Å². The van der Waals surface area contributed by atoms with Crippen molar-refractivity contribution in [2.45, 2.75) is 63.6 Å². The number of carbonyl (C=O) groups is 3. The van der Waals surface area contributed by atoms with E-state index in [2.05, 4.69) is 23.5 Å². The highest BCUT2D eigenvalue weighted by Gasteiger charge is 2.75. The molecule has 6 rings (SSSR count). The maximum atomic E-state index is 14.8. The molecule has 47 heavy (non-hydrogen) atoms. The number of likely N-dealkylation sites (tertiary alicyclic amines) is 1. The van der Waals surface area contributed by atoms with Crippen LogP contribution in [0.25, 0.3) is 11.0 Å². The molecule has 12 heteroatoms. The van der Waals surface area contributed by atoms with Crippen molar-refractivity contribution in [3.05, 3.63) is 73.8 Å². The van der Waals surface area contributed by atoms with E-state index in [4.69, 9.17) is 9.47 Å². The minimum Gasteiger partial charge on any atom is -0.494 e. The monoisotopic (exact) mass is 642 g/mol. The summed E-state index contributed by atoms with van der Waals surface area (Å²) in [5.74, 6) is -1.98. The highest BCUT2D eigenvalue weighted by atomic mass is 16.5. The Bertz CT molecular complexity index is 1650. The van der Waals surface area contributed by atoms with E-state index in [0.29, 0.717) is 42.8 Å². The molecule has 1 N–H and O–H groups in total. The number of aliphatic hydroxyl groups excluding tert-OH is 1. The van der Waals surface area contributed by atoms with Gasteiger partial charge in [-0.25, -0.2) is 4.68 Å². The Kier molecular flexibility index (Phi) is 9.16. The molecule has 1 spiro atoms. The molecule has 3 aromatic rings. The van der Waals surface area contributed by atoms with E-state index in [1.165, 1.54) is 4.90 Å². The van der Waals surface area contributed by atoms with Gasteiger partial charge in [0.2, 0.25) is 17.7 Å². The summed E-state index contributed by atoms with van der Waals surface area (Å²) in [6.45, 7) is 12.2. The minimum atomic E-state index is -1.23. The van der Waals surface area contributed by atoms with E-state index in [1.807, 2.05) is 50.2 Å². The van der Waals surface area contributed by atoms with Crippen molar-refractivity contribution in [3.8, 4) is 5.75 Å². The van der Waals surface area contributed by atoms with E-state index >= 15 is 0 Å². The van der Waals surface area contributed by atoms with E-state index < -0.39 is 35.6 Å². The average Bonchev–Trinajstić information content (AvgIpc) is 3.84. The number of hydrogen-bond donors (Lipinski definition) is 1. The van der Waals surface area contributed by atoms with Crippen molar-refractivity contribution >= 4 is 34.4 Å². The third-order valence-corrected chi connectivity index (χ3v) is 9.76. The Hall–Kier alpha value is -4.55. The fourth-order valence-corrected chi connectivity index (χ4v) is 7.71.